The van der Waals surface area contributed by atoms with Crippen LogP contribution in [0.3, 0.4) is 0 Å². The molecule has 0 aliphatic carbocycles. The topological polar surface area (TPSA) is 148 Å². The SMILES string of the molecule is O=C(O)CCCc1c(-c2ccc(O)c(O)c2)oc2cc(O)cc(O)c2c1=O. The molecule has 0 saturated carbocycles. The van der Waals surface area contributed by atoms with Crippen molar-refractivity contribution < 1.29 is 34.7 Å². The fourth-order valence-electron chi connectivity index (χ4n) is 2.86. The van der Waals surface area contributed by atoms with Gasteiger partial charge in [0.05, 0.1) is 0 Å². The zero-order valence-electron chi connectivity index (χ0n) is 14.0. The maximum atomic E-state index is 12.9. The quantitative estimate of drug-likeness (QED) is 0.429. The Morgan fingerprint density at radius 3 is 2.37 bits per heavy atom. The summed E-state index contributed by atoms with van der Waals surface area (Å²) in [4.78, 5) is 23.7. The van der Waals surface area contributed by atoms with Crippen LogP contribution in [0.1, 0.15) is 18.4 Å². The number of phenolic OH excluding ortho intramolecular Hbond substituents is 4. The summed E-state index contributed by atoms with van der Waals surface area (Å²) in [5, 5.41) is 47.6. The van der Waals surface area contributed by atoms with Gasteiger partial charge in [0, 0.05) is 29.7 Å². The first kappa shape index (κ1) is 18.1. The van der Waals surface area contributed by atoms with Crippen LogP contribution in [0.4, 0.5) is 0 Å². The molecule has 8 heteroatoms. The van der Waals surface area contributed by atoms with Crippen molar-refractivity contribution in [3.63, 3.8) is 0 Å². The number of hydrogen-bond donors (Lipinski definition) is 5. The van der Waals surface area contributed by atoms with Crippen LogP contribution in [0.5, 0.6) is 23.0 Å². The van der Waals surface area contributed by atoms with Gasteiger partial charge in [-0.05, 0) is 31.0 Å². The zero-order chi connectivity index (χ0) is 19.7. The van der Waals surface area contributed by atoms with E-state index in [0.717, 1.165) is 6.07 Å². The van der Waals surface area contributed by atoms with Crippen molar-refractivity contribution in [3.05, 3.63) is 46.1 Å². The maximum absolute atomic E-state index is 12.9. The Morgan fingerprint density at radius 1 is 0.963 bits per heavy atom. The fourth-order valence-corrected chi connectivity index (χ4v) is 2.86. The minimum Gasteiger partial charge on any atom is -0.508 e. The van der Waals surface area contributed by atoms with E-state index in [9.17, 15) is 30.0 Å². The van der Waals surface area contributed by atoms with Crippen molar-refractivity contribution in [3.8, 4) is 34.3 Å². The second kappa shape index (κ2) is 6.91. The van der Waals surface area contributed by atoms with Crippen LogP contribution in [-0.4, -0.2) is 31.5 Å². The number of fused-ring (bicyclic) bond motifs is 1. The van der Waals surface area contributed by atoms with Crippen LogP contribution in [0.2, 0.25) is 0 Å². The van der Waals surface area contributed by atoms with Crippen molar-refractivity contribution in [2.24, 2.45) is 0 Å². The van der Waals surface area contributed by atoms with Gasteiger partial charge in [-0.25, -0.2) is 0 Å². The molecule has 0 fully saturated rings. The van der Waals surface area contributed by atoms with Crippen LogP contribution in [0, 0.1) is 0 Å². The molecular formula is C19H16O8. The van der Waals surface area contributed by atoms with E-state index < -0.39 is 22.9 Å². The van der Waals surface area contributed by atoms with E-state index in [1.165, 1.54) is 24.3 Å². The molecule has 0 radical (unpaired) electrons. The van der Waals surface area contributed by atoms with Crippen molar-refractivity contribution in [1.82, 2.24) is 0 Å². The molecule has 0 aliphatic rings. The third-order valence-corrected chi connectivity index (χ3v) is 4.11. The summed E-state index contributed by atoms with van der Waals surface area (Å²) in [5.41, 5.74) is -0.240. The van der Waals surface area contributed by atoms with Gasteiger partial charge < -0.3 is 29.9 Å². The fraction of sp³-hybridized carbons (Fsp3) is 0.158. The van der Waals surface area contributed by atoms with Crippen molar-refractivity contribution >= 4 is 16.9 Å². The molecule has 2 aromatic carbocycles. The zero-order valence-corrected chi connectivity index (χ0v) is 14.0. The molecule has 0 amide bonds. The van der Waals surface area contributed by atoms with Crippen LogP contribution < -0.4 is 5.43 Å². The molecule has 0 spiro atoms. The highest BCUT2D eigenvalue weighted by atomic mass is 16.4. The molecule has 1 heterocycles. The normalized spacial score (nSPS) is 11.0. The number of benzene rings is 2. The number of aromatic hydroxyl groups is 4. The van der Waals surface area contributed by atoms with Gasteiger partial charge in [-0.3, -0.25) is 9.59 Å². The number of hydrogen-bond acceptors (Lipinski definition) is 7. The number of carboxylic acid groups (broad SMARTS) is 1. The Balaban J connectivity index is 2.26. The number of rotatable bonds is 5. The molecule has 0 bridgehead atoms. The lowest BCUT2D eigenvalue weighted by Gasteiger charge is -2.12. The highest BCUT2D eigenvalue weighted by Gasteiger charge is 2.20. The number of carboxylic acids is 1. The third kappa shape index (κ3) is 3.50. The molecule has 0 aliphatic heterocycles. The van der Waals surface area contributed by atoms with Crippen molar-refractivity contribution in [2.75, 3.05) is 0 Å². The molecule has 3 rings (SSSR count). The average molecular weight is 372 g/mol. The molecule has 8 nitrogen and oxygen atoms in total. The summed E-state index contributed by atoms with van der Waals surface area (Å²) >= 11 is 0. The summed E-state index contributed by atoms with van der Waals surface area (Å²) in [6.45, 7) is 0. The lowest BCUT2D eigenvalue weighted by molar-refractivity contribution is -0.137. The third-order valence-electron chi connectivity index (χ3n) is 4.11. The summed E-state index contributed by atoms with van der Waals surface area (Å²) in [7, 11) is 0. The van der Waals surface area contributed by atoms with Gasteiger partial charge in [0.15, 0.2) is 16.9 Å². The van der Waals surface area contributed by atoms with Crippen LogP contribution in [0.25, 0.3) is 22.3 Å². The lowest BCUT2D eigenvalue weighted by Crippen LogP contribution is -2.12. The summed E-state index contributed by atoms with van der Waals surface area (Å²) in [6.07, 6.45) is 0.0443. The standard InChI is InChI=1S/C19H16O8/c20-10-7-14(23)17-15(8-10)27-19(9-4-5-12(21)13(22)6-9)11(18(17)26)2-1-3-16(24)25/h4-8,20-23H,1-3H2,(H,24,25). The second-order valence-corrected chi connectivity index (χ2v) is 6.03. The van der Waals surface area contributed by atoms with E-state index in [1.54, 1.807) is 0 Å². The van der Waals surface area contributed by atoms with E-state index in [-0.39, 0.29) is 58.6 Å². The van der Waals surface area contributed by atoms with E-state index in [0.29, 0.717) is 0 Å². The summed E-state index contributed by atoms with van der Waals surface area (Å²) < 4.78 is 5.71. The number of aliphatic carboxylic acids is 1. The number of phenols is 4. The van der Waals surface area contributed by atoms with Gasteiger partial charge >= 0.3 is 5.97 Å². The molecule has 140 valence electrons. The Hall–Kier alpha value is -3.68. The summed E-state index contributed by atoms with van der Waals surface area (Å²) in [6, 6.07) is 6.01. The highest BCUT2D eigenvalue weighted by Crippen LogP contribution is 2.36. The molecule has 5 N–H and O–H groups in total. The van der Waals surface area contributed by atoms with Gasteiger partial charge in [0.2, 0.25) is 0 Å². The van der Waals surface area contributed by atoms with Gasteiger partial charge in [-0.2, -0.15) is 0 Å². The van der Waals surface area contributed by atoms with Crippen molar-refractivity contribution in [1.29, 1.82) is 0 Å². The van der Waals surface area contributed by atoms with Gasteiger partial charge in [-0.1, -0.05) is 0 Å². The molecule has 3 aromatic rings. The van der Waals surface area contributed by atoms with E-state index >= 15 is 0 Å². The largest absolute Gasteiger partial charge is 0.508 e. The Bertz CT molecular complexity index is 1100. The van der Waals surface area contributed by atoms with Gasteiger partial charge in [-0.15, -0.1) is 0 Å². The molecule has 0 saturated heterocycles. The molecule has 0 unspecified atom stereocenters. The highest BCUT2D eigenvalue weighted by molar-refractivity contribution is 5.87. The predicted molar refractivity (Wildman–Crippen MR) is 95.2 cm³/mol. The predicted octanol–water partition coefficient (Wildman–Crippen LogP) is 2.69. The summed E-state index contributed by atoms with van der Waals surface area (Å²) in [5.74, 6) is -2.51. The first-order chi connectivity index (χ1) is 12.8. The van der Waals surface area contributed by atoms with Crippen LogP contribution >= 0.6 is 0 Å². The molecule has 0 atom stereocenters. The Labute approximate surface area is 152 Å². The Kier molecular flexibility index (Phi) is 4.64. The first-order valence-corrected chi connectivity index (χ1v) is 8.03. The van der Waals surface area contributed by atoms with E-state index in [2.05, 4.69) is 0 Å². The van der Waals surface area contributed by atoms with Crippen LogP contribution in [0.15, 0.2) is 39.5 Å². The smallest absolute Gasteiger partial charge is 0.303 e. The van der Waals surface area contributed by atoms with E-state index in [4.69, 9.17) is 9.52 Å². The maximum Gasteiger partial charge on any atom is 0.303 e. The minimum absolute atomic E-state index is 0.0539. The molecule has 1 aromatic heterocycles. The number of carbonyl (C=O) groups is 1. The first-order valence-electron chi connectivity index (χ1n) is 8.03. The van der Waals surface area contributed by atoms with E-state index in [1.807, 2.05) is 0 Å². The second-order valence-electron chi connectivity index (χ2n) is 6.03. The molecule has 27 heavy (non-hydrogen) atoms. The minimum atomic E-state index is -1.02. The lowest BCUT2D eigenvalue weighted by atomic mass is 9.99. The van der Waals surface area contributed by atoms with Crippen LogP contribution in [-0.2, 0) is 11.2 Å². The Morgan fingerprint density at radius 2 is 1.70 bits per heavy atom. The van der Waals surface area contributed by atoms with Crippen molar-refractivity contribution in [2.45, 2.75) is 19.3 Å². The van der Waals surface area contributed by atoms with Gasteiger partial charge in [0.1, 0.15) is 28.2 Å². The van der Waals surface area contributed by atoms with Gasteiger partial charge in [0.25, 0.3) is 0 Å². The average Bonchev–Trinajstić information content (AvgIpc) is 2.58. The monoisotopic (exact) mass is 372 g/mol. The molecular weight excluding hydrogens is 356 g/mol.